The quantitative estimate of drug-likeness (QED) is 0.754. The van der Waals surface area contributed by atoms with E-state index in [2.05, 4.69) is 0 Å². The van der Waals surface area contributed by atoms with E-state index in [0.29, 0.717) is 0 Å². The van der Waals surface area contributed by atoms with E-state index in [9.17, 15) is 9.90 Å². The van der Waals surface area contributed by atoms with Crippen molar-refractivity contribution in [2.24, 2.45) is 0 Å². The molecule has 1 N–H and O–H groups in total. The Bertz CT molecular complexity index is 380. The van der Waals surface area contributed by atoms with Crippen LogP contribution in [0.2, 0.25) is 0 Å². The Kier molecular flexibility index (Phi) is 2.39. The molecule has 0 radical (unpaired) electrons. The van der Waals surface area contributed by atoms with Crippen molar-refractivity contribution >= 4 is 17.3 Å². The van der Waals surface area contributed by atoms with E-state index in [-0.39, 0.29) is 5.97 Å². The zero-order valence-electron chi connectivity index (χ0n) is 7.64. The fraction of sp³-hybridized carbons (Fsp3) is 0.300. The molecular weight excluding hydrogens is 200 g/mol. The van der Waals surface area contributed by atoms with Crippen molar-refractivity contribution in [1.29, 1.82) is 0 Å². The number of aliphatic hydroxyl groups is 1. The lowest BCUT2D eigenvalue weighted by molar-refractivity contribution is -0.142. The van der Waals surface area contributed by atoms with Gasteiger partial charge in [0.2, 0.25) is 0 Å². The number of ether oxygens (including phenoxy) is 1. The van der Waals surface area contributed by atoms with E-state index >= 15 is 0 Å². The van der Waals surface area contributed by atoms with Gasteiger partial charge in [-0.2, -0.15) is 0 Å². The molecule has 2 unspecified atom stereocenters. The van der Waals surface area contributed by atoms with E-state index in [4.69, 9.17) is 4.74 Å². The highest BCUT2D eigenvalue weighted by Crippen LogP contribution is 2.28. The summed E-state index contributed by atoms with van der Waals surface area (Å²) < 4.78 is 4.89. The van der Waals surface area contributed by atoms with Crippen molar-refractivity contribution in [3.63, 3.8) is 0 Å². The molecule has 3 nitrogen and oxygen atoms in total. The number of aliphatic hydroxyl groups excluding tert-OH is 1. The SMILES string of the molecule is Cc1ccc(C(O)C2C=CC(=O)O2)s1. The van der Waals surface area contributed by atoms with Gasteiger partial charge in [0.25, 0.3) is 0 Å². The summed E-state index contributed by atoms with van der Waals surface area (Å²) >= 11 is 1.51. The standard InChI is InChI=1S/C10H10O3S/c1-6-2-4-8(14-6)10(12)7-3-5-9(11)13-7/h2-5,7,10,12H,1H3. The lowest BCUT2D eigenvalue weighted by Crippen LogP contribution is -2.17. The second-order valence-corrected chi connectivity index (χ2v) is 4.47. The van der Waals surface area contributed by atoms with E-state index in [0.717, 1.165) is 9.75 Å². The zero-order valence-corrected chi connectivity index (χ0v) is 8.45. The fourth-order valence-corrected chi connectivity index (χ4v) is 2.23. The molecule has 2 atom stereocenters. The number of hydrogen-bond acceptors (Lipinski definition) is 4. The van der Waals surface area contributed by atoms with Gasteiger partial charge in [0, 0.05) is 15.8 Å². The van der Waals surface area contributed by atoms with E-state index in [1.807, 2.05) is 19.1 Å². The van der Waals surface area contributed by atoms with Gasteiger partial charge in [0.05, 0.1) is 0 Å². The first-order valence-corrected chi connectivity index (χ1v) is 5.11. The van der Waals surface area contributed by atoms with Crippen molar-refractivity contribution in [2.75, 3.05) is 0 Å². The Morgan fingerprint density at radius 1 is 1.57 bits per heavy atom. The van der Waals surface area contributed by atoms with Crippen molar-refractivity contribution in [3.8, 4) is 0 Å². The molecule has 4 heteroatoms. The molecule has 0 bridgehead atoms. The van der Waals surface area contributed by atoms with Crippen LogP contribution in [-0.2, 0) is 9.53 Å². The number of carbonyl (C=O) groups is 1. The molecule has 0 saturated carbocycles. The molecule has 0 amide bonds. The minimum atomic E-state index is -0.739. The van der Waals surface area contributed by atoms with E-state index in [1.165, 1.54) is 17.4 Å². The van der Waals surface area contributed by atoms with Crippen LogP contribution in [0.5, 0.6) is 0 Å². The Labute approximate surface area is 85.6 Å². The number of hydrogen-bond donors (Lipinski definition) is 1. The number of carbonyl (C=O) groups excluding carboxylic acids is 1. The first kappa shape index (κ1) is 9.43. The topological polar surface area (TPSA) is 46.5 Å². The van der Waals surface area contributed by atoms with Gasteiger partial charge in [0.15, 0.2) is 6.10 Å². The minimum Gasteiger partial charge on any atom is -0.452 e. The predicted octanol–water partition coefficient (Wildman–Crippen LogP) is 1.57. The number of aryl methyl sites for hydroxylation is 1. The van der Waals surface area contributed by atoms with Crippen LogP contribution in [0, 0.1) is 6.92 Å². The number of rotatable bonds is 2. The van der Waals surface area contributed by atoms with Crippen molar-refractivity contribution in [1.82, 2.24) is 0 Å². The molecule has 0 spiro atoms. The average molecular weight is 210 g/mol. The highest BCUT2D eigenvalue weighted by molar-refractivity contribution is 7.12. The van der Waals surface area contributed by atoms with E-state index < -0.39 is 12.2 Å². The second-order valence-electron chi connectivity index (χ2n) is 3.15. The highest BCUT2D eigenvalue weighted by Gasteiger charge is 2.26. The Morgan fingerprint density at radius 3 is 2.86 bits per heavy atom. The van der Waals surface area contributed by atoms with Gasteiger partial charge in [-0.15, -0.1) is 11.3 Å². The summed E-state index contributed by atoms with van der Waals surface area (Å²) in [5, 5.41) is 9.83. The number of esters is 1. The lowest BCUT2D eigenvalue weighted by Gasteiger charge is -2.14. The van der Waals surface area contributed by atoms with Crippen LogP contribution in [0.1, 0.15) is 15.9 Å². The molecule has 74 valence electrons. The predicted molar refractivity (Wildman–Crippen MR) is 53.0 cm³/mol. The summed E-state index contributed by atoms with van der Waals surface area (Å²) in [4.78, 5) is 12.7. The minimum absolute atomic E-state index is 0.387. The average Bonchev–Trinajstić information content (AvgIpc) is 2.73. The van der Waals surface area contributed by atoms with Gasteiger partial charge in [-0.05, 0) is 25.1 Å². The largest absolute Gasteiger partial charge is 0.452 e. The van der Waals surface area contributed by atoms with Crippen molar-refractivity contribution in [2.45, 2.75) is 19.1 Å². The normalized spacial score (nSPS) is 22.4. The molecule has 0 fully saturated rings. The molecule has 14 heavy (non-hydrogen) atoms. The van der Waals surface area contributed by atoms with Crippen LogP contribution in [-0.4, -0.2) is 17.2 Å². The Balaban J connectivity index is 2.13. The third-order valence-electron chi connectivity index (χ3n) is 2.04. The zero-order chi connectivity index (χ0) is 10.1. The van der Waals surface area contributed by atoms with Crippen molar-refractivity contribution < 1.29 is 14.6 Å². The van der Waals surface area contributed by atoms with Gasteiger partial charge in [-0.1, -0.05) is 0 Å². The second kappa shape index (κ2) is 3.55. The molecule has 0 saturated heterocycles. The van der Waals surface area contributed by atoms with Crippen LogP contribution in [0.3, 0.4) is 0 Å². The van der Waals surface area contributed by atoms with Gasteiger partial charge < -0.3 is 9.84 Å². The van der Waals surface area contributed by atoms with Crippen molar-refractivity contribution in [3.05, 3.63) is 34.0 Å². The molecule has 1 aliphatic rings. The molecule has 1 aliphatic heterocycles. The smallest absolute Gasteiger partial charge is 0.331 e. The third kappa shape index (κ3) is 1.71. The molecule has 0 aliphatic carbocycles. The number of thiophene rings is 1. The summed E-state index contributed by atoms with van der Waals surface area (Å²) in [6, 6.07) is 3.79. The first-order chi connectivity index (χ1) is 6.66. The molecule has 2 rings (SSSR count). The summed E-state index contributed by atoms with van der Waals surface area (Å²) in [6.07, 6.45) is 1.66. The van der Waals surface area contributed by atoms with Crippen LogP contribution >= 0.6 is 11.3 Å². The maximum atomic E-state index is 10.8. The molecule has 1 aromatic heterocycles. The number of cyclic esters (lactones) is 1. The summed E-state index contributed by atoms with van der Waals surface area (Å²) in [5.74, 6) is -0.387. The summed E-state index contributed by atoms with van der Waals surface area (Å²) in [6.45, 7) is 1.97. The third-order valence-corrected chi connectivity index (χ3v) is 3.11. The van der Waals surface area contributed by atoms with Gasteiger partial charge in [-0.25, -0.2) is 4.79 Å². The summed E-state index contributed by atoms with van der Waals surface area (Å²) in [7, 11) is 0. The van der Waals surface area contributed by atoms with Gasteiger partial charge >= 0.3 is 5.97 Å². The Morgan fingerprint density at radius 2 is 2.36 bits per heavy atom. The molecule has 1 aromatic rings. The van der Waals surface area contributed by atoms with Gasteiger partial charge in [0.1, 0.15) is 6.10 Å². The van der Waals surface area contributed by atoms with Crippen LogP contribution < -0.4 is 0 Å². The molecule has 2 heterocycles. The fourth-order valence-electron chi connectivity index (χ4n) is 1.33. The maximum absolute atomic E-state index is 10.8. The maximum Gasteiger partial charge on any atom is 0.331 e. The Hall–Kier alpha value is -1.13. The lowest BCUT2D eigenvalue weighted by atomic mass is 10.2. The molecular formula is C10H10O3S. The van der Waals surface area contributed by atoms with Crippen LogP contribution in [0.25, 0.3) is 0 Å². The summed E-state index contributed by atoms with van der Waals surface area (Å²) in [5.41, 5.74) is 0. The van der Waals surface area contributed by atoms with Gasteiger partial charge in [-0.3, -0.25) is 0 Å². The monoisotopic (exact) mass is 210 g/mol. The molecule has 0 aromatic carbocycles. The van der Waals surface area contributed by atoms with E-state index in [1.54, 1.807) is 6.08 Å². The van der Waals surface area contributed by atoms with Crippen LogP contribution in [0.4, 0.5) is 0 Å². The highest BCUT2D eigenvalue weighted by atomic mass is 32.1. The first-order valence-electron chi connectivity index (χ1n) is 4.30. The van der Waals surface area contributed by atoms with Crippen LogP contribution in [0.15, 0.2) is 24.3 Å².